The van der Waals surface area contributed by atoms with Gasteiger partial charge in [0.1, 0.15) is 11.6 Å². The molecule has 0 aliphatic rings. The lowest BCUT2D eigenvalue weighted by atomic mass is 9.88. The highest BCUT2D eigenvalue weighted by atomic mass is 79.9. The van der Waals surface area contributed by atoms with Crippen LogP contribution >= 0.6 is 15.9 Å². The van der Waals surface area contributed by atoms with Crippen molar-refractivity contribution in [3.63, 3.8) is 0 Å². The highest BCUT2D eigenvalue weighted by molar-refractivity contribution is 9.10. The third kappa shape index (κ3) is 4.05. The van der Waals surface area contributed by atoms with E-state index in [1.54, 1.807) is 24.3 Å². The number of halogens is 3. The van der Waals surface area contributed by atoms with Crippen LogP contribution < -0.4 is 0 Å². The molecule has 126 valence electrons. The standard InChI is InChI=1S/C22H17BrF2/c1-2-21(15-3-9-18(23)10-4-15)22(16-5-11-19(24)12-6-16)17-7-13-20(25)14-8-17/h3-14H,2H2,1H3. The largest absolute Gasteiger partial charge is 0.207 e. The van der Waals surface area contributed by atoms with Crippen LogP contribution in [0, 0.1) is 11.6 Å². The second-order valence-corrected chi connectivity index (χ2v) is 6.64. The summed E-state index contributed by atoms with van der Waals surface area (Å²) in [6.45, 7) is 2.09. The third-order valence-corrected chi connectivity index (χ3v) is 4.64. The Labute approximate surface area is 155 Å². The van der Waals surface area contributed by atoms with E-state index in [4.69, 9.17) is 0 Å². The molecule has 0 bridgehead atoms. The normalized spacial score (nSPS) is 10.6. The van der Waals surface area contributed by atoms with Crippen LogP contribution in [0.15, 0.2) is 77.3 Å². The van der Waals surface area contributed by atoms with Crippen molar-refractivity contribution in [1.82, 2.24) is 0 Å². The van der Waals surface area contributed by atoms with Gasteiger partial charge in [0.15, 0.2) is 0 Å². The van der Waals surface area contributed by atoms with Gasteiger partial charge in [0.25, 0.3) is 0 Å². The molecule has 0 fully saturated rings. The molecule has 3 heteroatoms. The summed E-state index contributed by atoms with van der Waals surface area (Å²) in [6, 6.07) is 21.0. The van der Waals surface area contributed by atoms with Gasteiger partial charge in [-0.05, 0) is 70.7 Å². The van der Waals surface area contributed by atoms with Crippen molar-refractivity contribution in [2.24, 2.45) is 0 Å². The molecule has 0 spiro atoms. The van der Waals surface area contributed by atoms with Gasteiger partial charge in [-0.15, -0.1) is 0 Å². The van der Waals surface area contributed by atoms with Crippen molar-refractivity contribution in [2.45, 2.75) is 13.3 Å². The van der Waals surface area contributed by atoms with E-state index in [9.17, 15) is 8.78 Å². The summed E-state index contributed by atoms with van der Waals surface area (Å²) in [5.74, 6) is -0.548. The van der Waals surface area contributed by atoms with E-state index in [1.807, 2.05) is 12.1 Å². The lowest BCUT2D eigenvalue weighted by Crippen LogP contribution is -1.95. The van der Waals surface area contributed by atoms with Gasteiger partial charge in [0, 0.05) is 4.47 Å². The molecule has 0 heterocycles. The van der Waals surface area contributed by atoms with Crippen LogP contribution in [-0.4, -0.2) is 0 Å². The predicted octanol–water partition coefficient (Wildman–Crippen LogP) is 7.10. The van der Waals surface area contributed by atoms with Crippen molar-refractivity contribution >= 4 is 27.1 Å². The van der Waals surface area contributed by atoms with Gasteiger partial charge in [-0.25, -0.2) is 8.78 Å². The zero-order valence-electron chi connectivity index (χ0n) is 13.8. The van der Waals surface area contributed by atoms with E-state index in [1.165, 1.54) is 24.3 Å². The van der Waals surface area contributed by atoms with E-state index >= 15 is 0 Å². The van der Waals surface area contributed by atoms with Crippen LogP contribution in [0.3, 0.4) is 0 Å². The first kappa shape index (κ1) is 17.6. The van der Waals surface area contributed by atoms with Gasteiger partial charge in [-0.2, -0.15) is 0 Å². The lowest BCUT2D eigenvalue weighted by Gasteiger charge is -2.16. The molecule has 3 aromatic carbocycles. The Bertz CT molecular complexity index is 829. The first-order chi connectivity index (χ1) is 12.1. The Morgan fingerprint density at radius 2 is 1.08 bits per heavy atom. The Morgan fingerprint density at radius 3 is 1.48 bits per heavy atom. The van der Waals surface area contributed by atoms with Gasteiger partial charge in [0.2, 0.25) is 0 Å². The van der Waals surface area contributed by atoms with E-state index in [0.717, 1.165) is 38.7 Å². The maximum atomic E-state index is 13.4. The maximum absolute atomic E-state index is 13.4. The number of allylic oxidation sites excluding steroid dienone is 1. The number of hydrogen-bond donors (Lipinski definition) is 0. The second kappa shape index (κ2) is 7.75. The Morgan fingerprint density at radius 1 is 0.680 bits per heavy atom. The maximum Gasteiger partial charge on any atom is 0.123 e. The van der Waals surface area contributed by atoms with Crippen LogP contribution in [0.2, 0.25) is 0 Å². The summed E-state index contributed by atoms with van der Waals surface area (Å²) in [5, 5.41) is 0. The highest BCUT2D eigenvalue weighted by Gasteiger charge is 2.13. The highest BCUT2D eigenvalue weighted by Crippen LogP contribution is 2.34. The van der Waals surface area contributed by atoms with Crippen LogP contribution in [0.1, 0.15) is 30.0 Å². The van der Waals surface area contributed by atoms with E-state index in [0.29, 0.717) is 0 Å². The minimum Gasteiger partial charge on any atom is -0.207 e. The summed E-state index contributed by atoms with van der Waals surface area (Å²) in [6.07, 6.45) is 0.797. The van der Waals surface area contributed by atoms with Crippen molar-refractivity contribution in [3.8, 4) is 0 Å². The fourth-order valence-electron chi connectivity index (χ4n) is 2.92. The Kier molecular flexibility index (Phi) is 5.44. The van der Waals surface area contributed by atoms with Gasteiger partial charge in [-0.3, -0.25) is 0 Å². The molecule has 0 atom stereocenters. The Hall–Kier alpha value is -2.26. The molecule has 3 rings (SSSR count). The lowest BCUT2D eigenvalue weighted by molar-refractivity contribution is 0.627. The quantitative estimate of drug-likeness (QED) is 0.411. The molecule has 0 aliphatic carbocycles. The van der Waals surface area contributed by atoms with Crippen LogP contribution in [-0.2, 0) is 0 Å². The number of rotatable bonds is 4. The van der Waals surface area contributed by atoms with Crippen LogP contribution in [0.5, 0.6) is 0 Å². The minimum atomic E-state index is -0.274. The van der Waals surface area contributed by atoms with E-state index < -0.39 is 0 Å². The third-order valence-electron chi connectivity index (χ3n) is 4.11. The second-order valence-electron chi connectivity index (χ2n) is 5.73. The smallest absolute Gasteiger partial charge is 0.123 e. The molecule has 0 N–H and O–H groups in total. The molecule has 0 amide bonds. The van der Waals surface area contributed by atoms with Crippen molar-refractivity contribution < 1.29 is 8.78 Å². The molecule has 0 radical (unpaired) electrons. The molecule has 3 aromatic rings. The number of hydrogen-bond acceptors (Lipinski definition) is 0. The number of benzene rings is 3. The molecule has 0 aliphatic heterocycles. The van der Waals surface area contributed by atoms with Gasteiger partial charge < -0.3 is 0 Å². The average Bonchev–Trinajstić information content (AvgIpc) is 2.63. The monoisotopic (exact) mass is 398 g/mol. The molecular weight excluding hydrogens is 382 g/mol. The first-order valence-corrected chi connectivity index (χ1v) is 8.88. The zero-order chi connectivity index (χ0) is 17.8. The van der Waals surface area contributed by atoms with Crippen molar-refractivity contribution in [1.29, 1.82) is 0 Å². The van der Waals surface area contributed by atoms with Crippen LogP contribution in [0.25, 0.3) is 11.1 Å². The average molecular weight is 399 g/mol. The van der Waals surface area contributed by atoms with Crippen molar-refractivity contribution in [3.05, 3.63) is 106 Å². The summed E-state index contributed by atoms with van der Waals surface area (Å²) in [4.78, 5) is 0. The van der Waals surface area contributed by atoms with E-state index in [2.05, 4.69) is 35.0 Å². The fourth-order valence-corrected chi connectivity index (χ4v) is 3.19. The van der Waals surface area contributed by atoms with Crippen molar-refractivity contribution in [2.75, 3.05) is 0 Å². The van der Waals surface area contributed by atoms with Gasteiger partial charge in [0.05, 0.1) is 0 Å². The topological polar surface area (TPSA) is 0 Å². The summed E-state index contributed by atoms with van der Waals surface area (Å²) < 4.78 is 27.8. The summed E-state index contributed by atoms with van der Waals surface area (Å²) >= 11 is 3.46. The summed E-state index contributed by atoms with van der Waals surface area (Å²) in [7, 11) is 0. The summed E-state index contributed by atoms with van der Waals surface area (Å²) in [5.41, 5.74) is 5.03. The zero-order valence-corrected chi connectivity index (χ0v) is 15.4. The van der Waals surface area contributed by atoms with E-state index in [-0.39, 0.29) is 11.6 Å². The predicted molar refractivity (Wildman–Crippen MR) is 103 cm³/mol. The first-order valence-electron chi connectivity index (χ1n) is 8.09. The molecule has 0 unspecified atom stereocenters. The molecule has 0 nitrogen and oxygen atoms in total. The SMILES string of the molecule is CCC(=C(c1ccc(F)cc1)c1ccc(F)cc1)c1ccc(Br)cc1. The molecule has 0 saturated carbocycles. The fraction of sp³-hybridized carbons (Fsp3) is 0.0909. The van der Waals surface area contributed by atoms with Crippen LogP contribution in [0.4, 0.5) is 8.78 Å². The van der Waals surface area contributed by atoms with Gasteiger partial charge >= 0.3 is 0 Å². The minimum absolute atomic E-state index is 0.274. The van der Waals surface area contributed by atoms with Gasteiger partial charge in [-0.1, -0.05) is 59.3 Å². The molecule has 25 heavy (non-hydrogen) atoms. The molecule has 0 saturated heterocycles. The molecule has 0 aromatic heterocycles. The Balaban J connectivity index is 2.25. The molecular formula is C22H17BrF2.